The topological polar surface area (TPSA) is 102 Å². The first-order valence-corrected chi connectivity index (χ1v) is 12.6. The van der Waals surface area contributed by atoms with Crippen molar-refractivity contribution in [3.8, 4) is 22.6 Å². The van der Waals surface area contributed by atoms with Crippen molar-refractivity contribution in [2.75, 3.05) is 14.2 Å². The first kappa shape index (κ1) is 26.5. The van der Waals surface area contributed by atoms with Gasteiger partial charge in [-0.05, 0) is 60.9 Å². The number of ether oxygens (including phenoxy) is 6. The first-order chi connectivity index (χ1) is 18.8. The van der Waals surface area contributed by atoms with Crippen LogP contribution in [0.4, 0.5) is 4.79 Å². The highest BCUT2D eigenvalue weighted by Crippen LogP contribution is 2.39. The molecule has 0 radical (unpaired) electrons. The van der Waals surface area contributed by atoms with E-state index in [1.807, 2.05) is 74.5 Å². The van der Waals surface area contributed by atoms with E-state index < -0.39 is 36.4 Å². The second-order valence-electron chi connectivity index (χ2n) is 9.88. The summed E-state index contributed by atoms with van der Waals surface area (Å²) in [5, 5.41) is 2.99. The molecule has 2 aliphatic rings. The second kappa shape index (κ2) is 11.0. The Hall–Kier alpha value is -4.08. The van der Waals surface area contributed by atoms with Gasteiger partial charge >= 0.3 is 6.16 Å². The molecule has 3 aromatic rings. The van der Waals surface area contributed by atoms with E-state index in [-0.39, 0.29) is 5.91 Å². The molecule has 9 heteroatoms. The largest absolute Gasteiger partial charge is 0.509 e. The Labute approximate surface area is 226 Å². The monoisotopic (exact) mass is 533 g/mol. The molecule has 1 N–H and O–H groups in total. The molecule has 0 aliphatic carbocycles. The molecule has 39 heavy (non-hydrogen) atoms. The Kier molecular flexibility index (Phi) is 7.45. The Morgan fingerprint density at radius 2 is 1.62 bits per heavy atom. The van der Waals surface area contributed by atoms with Crippen LogP contribution in [0.15, 0.2) is 72.8 Å². The van der Waals surface area contributed by atoms with Crippen molar-refractivity contribution in [1.82, 2.24) is 5.32 Å². The Balaban J connectivity index is 1.45. The van der Waals surface area contributed by atoms with E-state index in [1.54, 1.807) is 19.2 Å². The number of nitrogens with one attached hydrogen (secondary N) is 1. The van der Waals surface area contributed by atoms with Crippen LogP contribution in [0.2, 0.25) is 0 Å². The standard InChI is InChI=1S/C30H31NO8/c1-30(2)26(35-4)24-25(38-29(33)37-24)28(39-30)36-21-14-15-22(19-10-12-20(34-3)13-11-19)23(16-21)27(32)31-17-18-8-6-5-7-9-18/h5-16,24-26,28H,17H2,1-4H3,(H,31,32)/t24-,25+,26+,28+/m0/s1. The lowest BCUT2D eigenvalue weighted by Crippen LogP contribution is -2.62. The minimum atomic E-state index is -0.977. The highest BCUT2D eigenvalue weighted by Gasteiger charge is 2.58. The SMILES string of the molecule is COc1ccc(-c2ccc(O[C@@H]3OC(C)(C)[C@H](OC)[C@H]4OC(=O)O[C@@H]34)cc2C(=O)NCc2ccccc2)cc1. The van der Waals surface area contributed by atoms with Gasteiger partial charge in [0.2, 0.25) is 12.4 Å². The molecule has 2 aliphatic heterocycles. The molecule has 2 heterocycles. The van der Waals surface area contributed by atoms with Crippen molar-refractivity contribution >= 4 is 12.1 Å². The summed E-state index contributed by atoms with van der Waals surface area (Å²) in [5.74, 6) is 0.812. The number of methoxy groups -OCH3 is 2. The molecule has 0 aromatic heterocycles. The van der Waals surface area contributed by atoms with Crippen LogP contribution < -0.4 is 14.8 Å². The predicted octanol–water partition coefficient (Wildman–Crippen LogP) is 4.72. The number of benzene rings is 3. The van der Waals surface area contributed by atoms with E-state index in [1.165, 1.54) is 7.11 Å². The van der Waals surface area contributed by atoms with Crippen LogP contribution in [0, 0.1) is 0 Å². The van der Waals surface area contributed by atoms with E-state index in [0.717, 1.165) is 11.1 Å². The van der Waals surface area contributed by atoms with Gasteiger partial charge in [-0.15, -0.1) is 0 Å². The average molecular weight is 534 g/mol. The number of hydrogen-bond donors (Lipinski definition) is 1. The second-order valence-corrected chi connectivity index (χ2v) is 9.88. The van der Waals surface area contributed by atoms with Crippen LogP contribution in [0.3, 0.4) is 0 Å². The van der Waals surface area contributed by atoms with Gasteiger partial charge in [-0.3, -0.25) is 4.79 Å². The predicted molar refractivity (Wildman–Crippen MR) is 142 cm³/mol. The molecule has 3 aromatic carbocycles. The number of carbonyl (C=O) groups is 2. The van der Waals surface area contributed by atoms with E-state index in [4.69, 9.17) is 28.4 Å². The van der Waals surface area contributed by atoms with Crippen LogP contribution >= 0.6 is 0 Å². The minimum absolute atomic E-state index is 0.270. The van der Waals surface area contributed by atoms with Gasteiger partial charge in [0.05, 0.1) is 18.3 Å². The normalized spacial score (nSPS) is 23.2. The third kappa shape index (κ3) is 5.55. The van der Waals surface area contributed by atoms with Gasteiger partial charge in [-0.1, -0.05) is 42.5 Å². The highest BCUT2D eigenvalue weighted by molar-refractivity contribution is 6.01. The van der Waals surface area contributed by atoms with Crippen LogP contribution in [0.25, 0.3) is 11.1 Å². The Bertz CT molecular complexity index is 1320. The van der Waals surface area contributed by atoms with Gasteiger partial charge in [0.15, 0.2) is 6.10 Å². The molecule has 9 nitrogen and oxygen atoms in total. The highest BCUT2D eigenvalue weighted by atomic mass is 16.8. The summed E-state index contributed by atoms with van der Waals surface area (Å²) >= 11 is 0. The lowest BCUT2D eigenvalue weighted by Gasteiger charge is -2.45. The molecule has 2 saturated heterocycles. The van der Waals surface area contributed by atoms with Crippen molar-refractivity contribution < 1.29 is 38.0 Å². The zero-order chi connectivity index (χ0) is 27.6. The fraction of sp³-hybridized carbons (Fsp3) is 0.333. The molecule has 1 amide bonds. The van der Waals surface area contributed by atoms with Gasteiger partial charge in [-0.25, -0.2) is 4.79 Å². The number of hydrogen-bond acceptors (Lipinski definition) is 8. The van der Waals surface area contributed by atoms with Crippen LogP contribution in [-0.2, 0) is 25.5 Å². The minimum Gasteiger partial charge on any atom is -0.497 e. The van der Waals surface area contributed by atoms with Gasteiger partial charge < -0.3 is 33.7 Å². The number of carbonyl (C=O) groups excluding carboxylic acids is 2. The van der Waals surface area contributed by atoms with Crippen molar-refractivity contribution in [3.63, 3.8) is 0 Å². The summed E-state index contributed by atoms with van der Waals surface area (Å²) < 4.78 is 34.0. The lowest BCUT2D eigenvalue weighted by molar-refractivity contribution is -0.282. The fourth-order valence-corrected chi connectivity index (χ4v) is 4.98. The quantitative estimate of drug-likeness (QED) is 0.415. The fourth-order valence-electron chi connectivity index (χ4n) is 4.98. The Morgan fingerprint density at radius 1 is 0.923 bits per heavy atom. The van der Waals surface area contributed by atoms with Crippen LogP contribution in [0.1, 0.15) is 29.8 Å². The van der Waals surface area contributed by atoms with Crippen LogP contribution in [-0.4, -0.2) is 56.5 Å². The maximum absolute atomic E-state index is 13.5. The maximum atomic E-state index is 13.5. The molecule has 2 fully saturated rings. The lowest BCUT2D eigenvalue weighted by atomic mass is 9.89. The zero-order valence-electron chi connectivity index (χ0n) is 22.2. The molecule has 204 valence electrons. The smallest absolute Gasteiger partial charge is 0.497 e. The first-order valence-electron chi connectivity index (χ1n) is 12.6. The molecular formula is C30H31NO8. The van der Waals surface area contributed by atoms with Crippen LogP contribution in [0.5, 0.6) is 11.5 Å². The molecule has 0 spiro atoms. The average Bonchev–Trinajstić information content (AvgIpc) is 3.33. The summed E-state index contributed by atoms with van der Waals surface area (Å²) in [5.41, 5.74) is 2.10. The molecular weight excluding hydrogens is 502 g/mol. The van der Waals surface area contributed by atoms with Crippen molar-refractivity contribution in [2.24, 2.45) is 0 Å². The molecule has 0 saturated carbocycles. The summed E-state index contributed by atoms with van der Waals surface area (Å²) in [6.45, 7) is 4.02. The van der Waals surface area contributed by atoms with Crippen molar-refractivity contribution in [3.05, 3.63) is 83.9 Å². The summed E-state index contributed by atoms with van der Waals surface area (Å²) in [7, 11) is 3.13. The summed E-state index contributed by atoms with van der Waals surface area (Å²) in [6.07, 6.45) is -3.88. The molecule has 5 rings (SSSR count). The number of amides is 1. The van der Waals surface area contributed by atoms with Crippen molar-refractivity contribution in [2.45, 2.75) is 50.6 Å². The number of rotatable bonds is 8. The number of fused-ring (bicyclic) bond motifs is 1. The summed E-state index contributed by atoms with van der Waals surface area (Å²) in [4.78, 5) is 25.4. The maximum Gasteiger partial charge on any atom is 0.509 e. The molecule has 0 unspecified atom stereocenters. The Morgan fingerprint density at radius 3 is 2.31 bits per heavy atom. The van der Waals surface area contributed by atoms with E-state index in [9.17, 15) is 9.59 Å². The zero-order valence-corrected chi connectivity index (χ0v) is 22.2. The third-order valence-electron chi connectivity index (χ3n) is 6.90. The van der Waals surface area contributed by atoms with Gasteiger partial charge in [-0.2, -0.15) is 0 Å². The summed E-state index contributed by atoms with van der Waals surface area (Å²) in [6, 6.07) is 22.3. The third-order valence-corrected chi connectivity index (χ3v) is 6.90. The van der Waals surface area contributed by atoms with E-state index >= 15 is 0 Å². The molecule has 4 atom stereocenters. The van der Waals surface area contributed by atoms with Gasteiger partial charge in [0, 0.05) is 13.7 Å². The van der Waals surface area contributed by atoms with Crippen molar-refractivity contribution in [1.29, 1.82) is 0 Å². The molecule has 0 bridgehead atoms. The van der Waals surface area contributed by atoms with E-state index in [2.05, 4.69) is 5.32 Å². The van der Waals surface area contributed by atoms with Gasteiger partial charge in [0.25, 0.3) is 5.91 Å². The van der Waals surface area contributed by atoms with Gasteiger partial charge in [0.1, 0.15) is 17.6 Å². The van der Waals surface area contributed by atoms with E-state index in [0.29, 0.717) is 29.2 Å².